The van der Waals surface area contributed by atoms with Crippen molar-refractivity contribution < 1.29 is 23.7 Å². The van der Waals surface area contributed by atoms with Gasteiger partial charge < -0.3 is 33.6 Å². The van der Waals surface area contributed by atoms with E-state index in [2.05, 4.69) is 17.1 Å². The zero-order chi connectivity index (χ0) is 24.9. The van der Waals surface area contributed by atoms with Crippen molar-refractivity contribution in [3.8, 4) is 11.9 Å². The lowest BCUT2D eigenvalue weighted by molar-refractivity contribution is 0.0435. The van der Waals surface area contributed by atoms with Crippen LogP contribution in [-0.4, -0.2) is 73.4 Å². The molecule has 36 heavy (non-hydrogen) atoms. The molecule has 3 aliphatic heterocycles. The molecule has 1 aromatic heterocycles. The van der Waals surface area contributed by atoms with Gasteiger partial charge in [-0.25, -0.2) is 9.78 Å². The maximum atomic E-state index is 12.8. The fraction of sp³-hybridized carbons (Fsp3) is 0.423. The number of methoxy groups -OCH3 is 1. The Morgan fingerprint density at radius 2 is 2.11 bits per heavy atom. The quantitative estimate of drug-likeness (QED) is 0.619. The molecule has 0 N–H and O–H groups in total. The first-order valence-electron chi connectivity index (χ1n) is 12.1. The Morgan fingerprint density at radius 3 is 2.92 bits per heavy atom. The number of nitrogens with zero attached hydrogens (tertiary/aromatic N) is 5. The van der Waals surface area contributed by atoms with Crippen LogP contribution >= 0.6 is 0 Å². The lowest BCUT2D eigenvalue weighted by atomic mass is 10.0. The second-order valence-corrected chi connectivity index (χ2v) is 8.81. The maximum Gasteiger partial charge on any atom is 0.320 e. The molecule has 1 atom stereocenters. The molecule has 2 saturated heterocycles. The van der Waals surface area contributed by atoms with E-state index in [1.54, 1.807) is 24.7 Å². The third-order valence-corrected chi connectivity index (χ3v) is 6.54. The lowest BCUT2D eigenvalue weighted by Gasteiger charge is -2.31. The summed E-state index contributed by atoms with van der Waals surface area (Å²) in [5.74, 6) is 1.72. The number of ether oxygens (including phenoxy) is 4. The minimum Gasteiger partial charge on any atom is -0.488 e. The van der Waals surface area contributed by atoms with Crippen LogP contribution in [0.3, 0.4) is 0 Å². The van der Waals surface area contributed by atoms with E-state index in [4.69, 9.17) is 18.9 Å². The van der Waals surface area contributed by atoms with Crippen molar-refractivity contribution in [3.63, 3.8) is 0 Å². The average molecular weight is 492 g/mol. The van der Waals surface area contributed by atoms with Gasteiger partial charge in [0, 0.05) is 37.8 Å². The van der Waals surface area contributed by atoms with Crippen LogP contribution in [0.5, 0.6) is 5.88 Å². The van der Waals surface area contributed by atoms with Crippen molar-refractivity contribution in [1.29, 1.82) is 5.26 Å². The Bertz CT molecular complexity index is 1160. The number of morpholine rings is 1. The first kappa shape index (κ1) is 23.8. The number of carbonyl (C=O) groups excluding carboxylic acids is 1. The number of hydrogen-bond donors (Lipinski definition) is 0. The van der Waals surface area contributed by atoms with E-state index < -0.39 is 0 Å². The second kappa shape index (κ2) is 10.7. The molecule has 4 aliphatic rings. The summed E-state index contributed by atoms with van der Waals surface area (Å²) in [7, 11) is 1.49. The van der Waals surface area contributed by atoms with Crippen LogP contribution in [0.1, 0.15) is 24.8 Å². The predicted octanol–water partition coefficient (Wildman–Crippen LogP) is 3.26. The molecular weight excluding hydrogens is 462 g/mol. The van der Waals surface area contributed by atoms with Crippen LogP contribution < -0.4 is 9.64 Å². The van der Waals surface area contributed by atoms with E-state index in [-0.39, 0.29) is 18.0 Å². The Morgan fingerprint density at radius 1 is 1.25 bits per heavy atom. The molecule has 0 spiro atoms. The average Bonchev–Trinajstić information content (AvgIpc) is 3.41. The summed E-state index contributed by atoms with van der Waals surface area (Å²) in [6.07, 6.45) is 13.3. The summed E-state index contributed by atoms with van der Waals surface area (Å²) in [5, 5.41) is 9.41. The standard InChI is InChI=1S/C26H29N5O5/c1-33-25-19(15-27)14-20(16-28-25)30-10-13-35-24(18-30)22-4-2-3-5-23(22)36-21-6-7-31(17-21)26(32)29-8-11-34-12-9-29/h3,5,10,13-14,16,18,21H,2,4,6-9,11-12,17H2,1H3/t21-/m0/s1. The summed E-state index contributed by atoms with van der Waals surface area (Å²) in [5.41, 5.74) is 2.03. The van der Waals surface area contributed by atoms with Crippen molar-refractivity contribution in [2.75, 3.05) is 51.4 Å². The van der Waals surface area contributed by atoms with Crippen molar-refractivity contribution in [2.24, 2.45) is 0 Å². The van der Waals surface area contributed by atoms with Gasteiger partial charge in [-0.2, -0.15) is 5.26 Å². The summed E-state index contributed by atoms with van der Waals surface area (Å²) in [6.45, 7) is 3.68. The molecular formula is C26H29N5O5. The number of hydrogen-bond acceptors (Lipinski definition) is 8. The number of anilines is 1. The zero-order valence-electron chi connectivity index (χ0n) is 20.3. The van der Waals surface area contributed by atoms with E-state index in [0.29, 0.717) is 56.4 Å². The Kier molecular flexibility index (Phi) is 7.09. The third kappa shape index (κ3) is 5.02. The normalized spacial score (nSPS) is 21.7. The van der Waals surface area contributed by atoms with Crippen molar-refractivity contribution in [1.82, 2.24) is 14.8 Å². The fourth-order valence-electron chi connectivity index (χ4n) is 4.63. The molecule has 10 nitrogen and oxygen atoms in total. The molecule has 2 fully saturated rings. The fourth-order valence-corrected chi connectivity index (χ4v) is 4.63. The highest BCUT2D eigenvalue weighted by molar-refractivity contribution is 5.75. The molecule has 5 rings (SSSR count). The molecule has 0 radical (unpaired) electrons. The Hall–Kier alpha value is -3.97. The highest BCUT2D eigenvalue weighted by Gasteiger charge is 2.32. The molecule has 1 aliphatic carbocycles. The second-order valence-electron chi connectivity index (χ2n) is 8.81. The smallest absolute Gasteiger partial charge is 0.320 e. The van der Waals surface area contributed by atoms with Gasteiger partial charge in [0.15, 0.2) is 0 Å². The molecule has 10 heteroatoms. The Balaban J connectivity index is 1.31. The number of nitriles is 1. The van der Waals surface area contributed by atoms with Gasteiger partial charge in [0.25, 0.3) is 0 Å². The maximum absolute atomic E-state index is 12.8. The molecule has 0 aromatic carbocycles. The van der Waals surface area contributed by atoms with E-state index in [1.165, 1.54) is 7.11 Å². The molecule has 0 bridgehead atoms. The molecule has 0 saturated carbocycles. The van der Waals surface area contributed by atoms with E-state index in [9.17, 15) is 10.1 Å². The minimum atomic E-state index is -0.0810. The van der Waals surface area contributed by atoms with Crippen molar-refractivity contribution in [3.05, 3.63) is 65.7 Å². The van der Waals surface area contributed by atoms with Gasteiger partial charge in [-0.1, -0.05) is 6.08 Å². The number of amides is 2. The van der Waals surface area contributed by atoms with E-state index in [0.717, 1.165) is 30.6 Å². The van der Waals surface area contributed by atoms with Gasteiger partial charge in [0.05, 0.1) is 45.0 Å². The topological polar surface area (TPSA) is 100 Å². The monoisotopic (exact) mass is 491 g/mol. The van der Waals surface area contributed by atoms with Crippen LogP contribution in [-0.2, 0) is 14.2 Å². The van der Waals surface area contributed by atoms with Crippen molar-refractivity contribution in [2.45, 2.75) is 25.4 Å². The van der Waals surface area contributed by atoms with Crippen LogP contribution in [0.15, 0.2) is 60.2 Å². The van der Waals surface area contributed by atoms with E-state index in [1.807, 2.05) is 27.0 Å². The van der Waals surface area contributed by atoms with Gasteiger partial charge >= 0.3 is 6.03 Å². The minimum absolute atomic E-state index is 0.0572. The Labute approximate surface area is 210 Å². The number of carbonyl (C=O) groups is 1. The van der Waals surface area contributed by atoms with Crippen molar-refractivity contribution >= 4 is 11.7 Å². The molecule has 1 aromatic rings. The highest BCUT2D eigenvalue weighted by Crippen LogP contribution is 2.33. The number of urea groups is 1. The molecule has 0 unspecified atom stereocenters. The van der Waals surface area contributed by atoms with Gasteiger partial charge in [-0.3, -0.25) is 0 Å². The summed E-state index contributed by atoms with van der Waals surface area (Å²) in [4.78, 5) is 22.7. The summed E-state index contributed by atoms with van der Waals surface area (Å²) < 4.78 is 22.8. The first-order chi connectivity index (χ1) is 17.7. The van der Waals surface area contributed by atoms with Crippen LogP contribution in [0.4, 0.5) is 10.5 Å². The number of aromatic nitrogens is 1. The molecule has 4 heterocycles. The largest absolute Gasteiger partial charge is 0.488 e. The highest BCUT2D eigenvalue weighted by atomic mass is 16.5. The number of likely N-dealkylation sites (tertiary alicyclic amines) is 1. The summed E-state index contributed by atoms with van der Waals surface area (Å²) >= 11 is 0. The molecule has 2 amide bonds. The SMILES string of the molecule is COc1ncc(N2C=COC(C3=C(O[C@H]4CCN(C(=O)N5CCOCC5)C4)C=CCC3)=C2)cc1C#N. The lowest BCUT2D eigenvalue weighted by Crippen LogP contribution is -2.47. The van der Waals surface area contributed by atoms with Crippen LogP contribution in [0.25, 0.3) is 0 Å². The summed E-state index contributed by atoms with van der Waals surface area (Å²) in [6, 6.07) is 3.89. The van der Waals surface area contributed by atoms with E-state index >= 15 is 0 Å². The number of pyridine rings is 1. The number of allylic oxidation sites excluding steroid dienone is 3. The van der Waals surface area contributed by atoms with Gasteiger partial charge in [-0.15, -0.1) is 0 Å². The van der Waals surface area contributed by atoms with Gasteiger partial charge in [0.1, 0.15) is 35.5 Å². The van der Waals surface area contributed by atoms with Gasteiger partial charge in [0.2, 0.25) is 5.88 Å². The van der Waals surface area contributed by atoms with Crippen LogP contribution in [0.2, 0.25) is 0 Å². The first-order valence-corrected chi connectivity index (χ1v) is 12.1. The predicted molar refractivity (Wildman–Crippen MR) is 131 cm³/mol. The third-order valence-electron chi connectivity index (χ3n) is 6.54. The van der Waals surface area contributed by atoms with Crippen LogP contribution in [0, 0.1) is 11.3 Å². The zero-order valence-corrected chi connectivity index (χ0v) is 20.3. The van der Waals surface area contributed by atoms with Gasteiger partial charge in [-0.05, 0) is 25.0 Å². The number of rotatable bonds is 5. The molecule has 188 valence electrons.